The van der Waals surface area contributed by atoms with Gasteiger partial charge in [-0.2, -0.15) is 13.2 Å². The molecule has 0 aromatic heterocycles. The van der Waals surface area contributed by atoms with Crippen LogP contribution in [0.4, 0.5) is 18.0 Å². The molecule has 2 saturated heterocycles. The molecule has 2 aliphatic heterocycles. The van der Waals surface area contributed by atoms with Crippen LogP contribution in [0.3, 0.4) is 0 Å². The first kappa shape index (κ1) is 14.2. The van der Waals surface area contributed by atoms with Gasteiger partial charge in [-0.1, -0.05) is 12.1 Å². The van der Waals surface area contributed by atoms with Crippen molar-refractivity contribution in [2.24, 2.45) is 0 Å². The van der Waals surface area contributed by atoms with Gasteiger partial charge < -0.3 is 10.1 Å². The number of rotatable bonds is 2. The van der Waals surface area contributed by atoms with E-state index in [4.69, 9.17) is 4.74 Å². The zero-order valence-corrected chi connectivity index (χ0v) is 11.2. The predicted molar refractivity (Wildman–Crippen MR) is 68.6 cm³/mol. The van der Waals surface area contributed by atoms with Gasteiger partial charge in [0, 0.05) is 19.5 Å². The van der Waals surface area contributed by atoms with Crippen molar-refractivity contribution in [3.8, 4) is 0 Å². The molecule has 1 aromatic carbocycles. The fourth-order valence-electron chi connectivity index (χ4n) is 2.78. The second-order valence-corrected chi connectivity index (χ2v) is 5.53. The van der Waals surface area contributed by atoms with Gasteiger partial charge in [-0.3, -0.25) is 4.90 Å². The van der Waals surface area contributed by atoms with Crippen LogP contribution in [-0.4, -0.2) is 36.2 Å². The molecule has 0 radical (unpaired) electrons. The fraction of sp³-hybridized carbons (Fsp3) is 0.500. The van der Waals surface area contributed by atoms with Crippen LogP contribution in [-0.2, 0) is 17.5 Å². The monoisotopic (exact) mass is 300 g/mol. The number of carbonyl (C=O) groups excluding carboxylic acids is 1. The second kappa shape index (κ2) is 4.91. The number of halogens is 3. The van der Waals surface area contributed by atoms with Gasteiger partial charge in [-0.05, 0) is 24.2 Å². The van der Waals surface area contributed by atoms with Gasteiger partial charge in [0.05, 0.1) is 12.1 Å². The zero-order valence-electron chi connectivity index (χ0n) is 11.2. The van der Waals surface area contributed by atoms with E-state index in [0.29, 0.717) is 18.7 Å². The van der Waals surface area contributed by atoms with Crippen LogP contribution in [0.25, 0.3) is 0 Å². The predicted octanol–water partition coefficient (Wildman–Crippen LogP) is 2.39. The van der Waals surface area contributed by atoms with Crippen molar-refractivity contribution in [3.63, 3.8) is 0 Å². The summed E-state index contributed by atoms with van der Waals surface area (Å²) in [6, 6.07) is 4.86. The van der Waals surface area contributed by atoms with E-state index in [-0.39, 0.29) is 6.54 Å². The van der Waals surface area contributed by atoms with Crippen LogP contribution in [0, 0.1) is 0 Å². The molecule has 3 rings (SSSR count). The molecule has 1 N–H and O–H groups in total. The van der Waals surface area contributed by atoms with E-state index in [0.717, 1.165) is 25.1 Å². The molecule has 7 heteroatoms. The van der Waals surface area contributed by atoms with Crippen molar-refractivity contribution in [1.29, 1.82) is 0 Å². The van der Waals surface area contributed by atoms with Gasteiger partial charge in [-0.25, -0.2) is 4.79 Å². The first-order valence-electron chi connectivity index (χ1n) is 6.73. The summed E-state index contributed by atoms with van der Waals surface area (Å²) in [5, 5.41) is 3.16. The third-order valence-corrected chi connectivity index (χ3v) is 3.90. The summed E-state index contributed by atoms with van der Waals surface area (Å²) in [5.41, 5.74) is -0.502. The molecule has 1 unspecified atom stereocenters. The summed E-state index contributed by atoms with van der Waals surface area (Å²) >= 11 is 0. The van der Waals surface area contributed by atoms with Crippen molar-refractivity contribution in [1.82, 2.24) is 10.2 Å². The second-order valence-electron chi connectivity index (χ2n) is 5.53. The number of hydrogen-bond donors (Lipinski definition) is 1. The number of nitrogens with zero attached hydrogens (tertiary/aromatic N) is 1. The molecular weight excluding hydrogens is 285 g/mol. The van der Waals surface area contributed by atoms with Crippen molar-refractivity contribution < 1.29 is 22.7 Å². The SMILES string of the molecule is O=C1OC2(CCNC2)CN1Cc1ccc(C(F)(F)F)cc1. The largest absolute Gasteiger partial charge is 0.439 e. The Kier molecular flexibility index (Phi) is 3.32. The van der Waals surface area contributed by atoms with Gasteiger partial charge in [0.25, 0.3) is 0 Å². The van der Waals surface area contributed by atoms with Crippen LogP contribution in [0.2, 0.25) is 0 Å². The van der Waals surface area contributed by atoms with Crippen LogP contribution >= 0.6 is 0 Å². The molecule has 0 saturated carbocycles. The molecule has 21 heavy (non-hydrogen) atoms. The van der Waals surface area contributed by atoms with E-state index in [1.165, 1.54) is 17.0 Å². The molecule has 0 aliphatic carbocycles. The molecule has 2 fully saturated rings. The Bertz CT molecular complexity index is 536. The maximum Gasteiger partial charge on any atom is 0.416 e. The molecule has 2 aliphatic rings. The summed E-state index contributed by atoms with van der Waals surface area (Å²) in [6.45, 7) is 2.17. The Balaban J connectivity index is 1.68. The Labute approximate surface area is 119 Å². The van der Waals surface area contributed by atoms with Crippen LogP contribution < -0.4 is 5.32 Å². The first-order valence-corrected chi connectivity index (χ1v) is 6.73. The number of carbonyl (C=O) groups is 1. The van der Waals surface area contributed by atoms with E-state index in [9.17, 15) is 18.0 Å². The maximum absolute atomic E-state index is 12.5. The number of hydrogen-bond acceptors (Lipinski definition) is 3. The van der Waals surface area contributed by atoms with Crippen molar-refractivity contribution in [3.05, 3.63) is 35.4 Å². The molecule has 1 atom stereocenters. The standard InChI is InChI=1S/C14H15F3N2O2/c15-14(16,17)11-3-1-10(2-4-11)7-19-9-13(21-12(19)20)5-6-18-8-13/h1-4,18H,5-9H2. The number of amides is 1. The smallest absolute Gasteiger partial charge is 0.416 e. The minimum absolute atomic E-state index is 0.263. The van der Waals surface area contributed by atoms with Gasteiger partial charge >= 0.3 is 12.3 Å². The number of alkyl halides is 3. The minimum Gasteiger partial charge on any atom is -0.439 e. The lowest BCUT2D eigenvalue weighted by Gasteiger charge is -2.19. The summed E-state index contributed by atoms with van der Waals surface area (Å²) in [4.78, 5) is 13.4. The first-order chi connectivity index (χ1) is 9.88. The minimum atomic E-state index is -4.34. The molecular formula is C14H15F3N2O2. The van der Waals surface area contributed by atoms with Crippen LogP contribution in [0.1, 0.15) is 17.5 Å². The van der Waals surface area contributed by atoms with E-state index in [1.54, 1.807) is 0 Å². The average molecular weight is 300 g/mol. The molecule has 114 valence electrons. The molecule has 0 bridgehead atoms. The Morgan fingerprint density at radius 3 is 2.57 bits per heavy atom. The molecule has 1 amide bonds. The highest BCUT2D eigenvalue weighted by molar-refractivity contribution is 5.71. The van der Waals surface area contributed by atoms with E-state index in [1.807, 2.05) is 0 Å². The maximum atomic E-state index is 12.5. The summed E-state index contributed by atoms with van der Waals surface area (Å²) in [5.74, 6) is 0. The third kappa shape index (κ3) is 2.83. The third-order valence-electron chi connectivity index (χ3n) is 3.90. The van der Waals surface area contributed by atoms with Crippen molar-refractivity contribution in [2.45, 2.75) is 24.7 Å². The zero-order chi connectivity index (χ0) is 15.1. The highest BCUT2D eigenvalue weighted by Crippen LogP contribution is 2.31. The van der Waals surface area contributed by atoms with Crippen molar-refractivity contribution >= 4 is 6.09 Å². The lowest BCUT2D eigenvalue weighted by atomic mass is 10.0. The van der Waals surface area contributed by atoms with E-state index in [2.05, 4.69) is 5.32 Å². The molecule has 4 nitrogen and oxygen atoms in total. The summed E-state index contributed by atoms with van der Waals surface area (Å²) in [7, 11) is 0. The number of ether oxygens (including phenoxy) is 1. The Hall–Kier alpha value is -1.76. The molecule has 1 aromatic rings. The molecule has 1 spiro atoms. The fourth-order valence-corrected chi connectivity index (χ4v) is 2.78. The van der Waals surface area contributed by atoms with E-state index < -0.39 is 23.4 Å². The van der Waals surface area contributed by atoms with Gasteiger partial charge in [0.1, 0.15) is 5.60 Å². The van der Waals surface area contributed by atoms with E-state index >= 15 is 0 Å². The Morgan fingerprint density at radius 1 is 1.29 bits per heavy atom. The average Bonchev–Trinajstić information content (AvgIpc) is 2.97. The normalized spacial score (nSPS) is 25.7. The van der Waals surface area contributed by atoms with Crippen LogP contribution in [0.15, 0.2) is 24.3 Å². The van der Waals surface area contributed by atoms with Crippen LogP contribution in [0.5, 0.6) is 0 Å². The lowest BCUT2D eigenvalue weighted by molar-refractivity contribution is -0.137. The van der Waals surface area contributed by atoms with Gasteiger partial charge in [0.2, 0.25) is 0 Å². The van der Waals surface area contributed by atoms with Gasteiger partial charge in [0.15, 0.2) is 0 Å². The highest BCUT2D eigenvalue weighted by Gasteiger charge is 2.46. The van der Waals surface area contributed by atoms with Crippen molar-refractivity contribution in [2.75, 3.05) is 19.6 Å². The topological polar surface area (TPSA) is 41.6 Å². The Morgan fingerprint density at radius 2 is 2.00 bits per heavy atom. The number of benzene rings is 1. The highest BCUT2D eigenvalue weighted by atomic mass is 19.4. The number of nitrogens with one attached hydrogen (secondary N) is 1. The summed E-state index contributed by atoms with van der Waals surface area (Å²) in [6.07, 6.45) is -3.98. The summed E-state index contributed by atoms with van der Waals surface area (Å²) < 4.78 is 42.9. The lowest BCUT2D eigenvalue weighted by Crippen LogP contribution is -2.36. The molecule has 2 heterocycles. The van der Waals surface area contributed by atoms with Gasteiger partial charge in [-0.15, -0.1) is 0 Å². The quantitative estimate of drug-likeness (QED) is 0.912.